The van der Waals surface area contributed by atoms with Crippen molar-refractivity contribution in [3.63, 3.8) is 0 Å². The predicted octanol–water partition coefficient (Wildman–Crippen LogP) is 0.828. The molecular weight excluding hydrogens is 162 g/mol. The van der Waals surface area contributed by atoms with E-state index in [0.29, 0.717) is 11.5 Å². The molecule has 0 aromatic carbocycles. The molecule has 0 radical (unpaired) electrons. The first-order chi connectivity index (χ1) is 5.66. The van der Waals surface area contributed by atoms with Crippen LogP contribution in [0.1, 0.15) is 21.8 Å². The summed E-state index contributed by atoms with van der Waals surface area (Å²) < 4.78 is 9.44. The second-order valence-corrected chi connectivity index (χ2v) is 2.30. The van der Waals surface area contributed by atoms with E-state index in [-0.39, 0.29) is 12.2 Å². The van der Waals surface area contributed by atoms with Crippen LogP contribution >= 0.6 is 0 Å². The van der Waals surface area contributed by atoms with Gasteiger partial charge in [-0.25, -0.2) is 4.79 Å². The van der Waals surface area contributed by atoms with Gasteiger partial charge in [0.2, 0.25) is 0 Å². The number of nitrogens with zero attached hydrogens (tertiary/aromatic N) is 1. The number of aryl methyl sites for hydroxylation is 1. The van der Waals surface area contributed by atoms with Crippen LogP contribution in [0, 0.1) is 6.92 Å². The molecule has 0 fully saturated rings. The molecular formula is C7H9NO4. The molecule has 0 saturated carbocycles. The molecule has 0 bridgehead atoms. The van der Waals surface area contributed by atoms with E-state index >= 15 is 0 Å². The van der Waals surface area contributed by atoms with Crippen molar-refractivity contribution in [3.05, 3.63) is 17.0 Å². The van der Waals surface area contributed by atoms with Crippen molar-refractivity contribution < 1.29 is 19.2 Å². The number of carbonyl (C=O) groups is 1. The quantitative estimate of drug-likeness (QED) is 0.729. The molecule has 1 aromatic rings. The molecule has 1 heterocycles. The maximum atomic E-state index is 10.6. The van der Waals surface area contributed by atoms with Gasteiger partial charge in [-0.15, -0.1) is 0 Å². The zero-order chi connectivity index (χ0) is 9.14. The summed E-state index contributed by atoms with van der Waals surface area (Å²) >= 11 is 0. The molecule has 0 amide bonds. The standard InChI is InChI=1S/C7H9NO4/c1-4-6(7(9)10)5(3-11-2)8-12-4/h3H2,1-2H3,(H,9,10). The topological polar surface area (TPSA) is 72.6 Å². The fourth-order valence-corrected chi connectivity index (χ4v) is 0.927. The summed E-state index contributed by atoms with van der Waals surface area (Å²) in [6.45, 7) is 1.70. The molecule has 5 nitrogen and oxygen atoms in total. The van der Waals surface area contributed by atoms with Gasteiger partial charge in [0.25, 0.3) is 0 Å². The average Bonchev–Trinajstić information content (AvgIpc) is 2.32. The van der Waals surface area contributed by atoms with E-state index in [9.17, 15) is 4.79 Å². The monoisotopic (exact) mass is 171 g/mol. The summed E-state index contributed by atoms with van der Waals surface area (Å²) in [5.41, 5.74) is 0.416. The molecule has 1 rings (SSSR count). The Kier molecular flexibility index (Phi) is 2.44. The molecule has 66 valence electrons. The highest BCUT2D eigenvalue weighted by atomic mass is 16.5. The van der Waals surface area contributed by atoms with Crippen molar-refractivity contribution in [3.8, 4) is 0 Å². The number of ether oxygens (including phenoxy) is 1. The first-order valence-electron chi connectivity index (χ1n) is 3.34. The number of hydrogen-bond acceptors (Lipinski definition) is 4. The highest BCUT2D eigenvalue weighted by molar-refractivity contribution is 5.89. The Morgan fingerprint density at radius 2 is 2.42 bits per heavy atom. The molecule has 0 aliphatic rings. The van der Waals surface area contributed by atoms with Crippen LogP contribution in [-0.2, 0) is 11.3 Å². The lowest BCUT2D eigenvalue weighted by atomic mass is 10.2. The van der Waals surface area contributed by atoms with Crippen molar-refractivity contribution in [2.24, 2.45) is 0 Å². The third-order valence-corrected chi connectivity index (χ3v) is 1.43. The Bertz CT molecular complexity index is 292. The average molecular weight is 171 g/mol. The minimum atomic E-state index is -1.04. The Hall–Kier alpha value is -1.36. The largest absolute Gasteiger partial charge is 0.477 e. The van der Waals surface area contributed by atoms with Gasteiger partial charge in [-0.3, -0.25) is 0 Å². The van der Waals surface area contributed by atoms with Crippen LogP contribution in [0.2, 0.25) is 0 Å². The van der Waals surface area contributed by atoms with Crippen LogP contribution in [0.25, 0.3) is 0 Å². The maximum Gasteiger partial charge on any atom is 0.341 e. The summed E-state index contributed by atoms with van der Waals surface area (Å²) in [7, 11) is 1.47. The summed E-state index contributed by atoms with van der Waals surface area (Å²) in [6, 6.07) is 0. The van der Waals surface area contributed by atoms with Crippen LogP contribution in [0.4, 0.5) is 0 Å². The summed E-state index contributed by atoms with van der Waals surface area (Å²) in [5, 5.41) is 12.3. The number of carboxylic acid groups (broad SMARTS) is 1. The lowest BCUT2D eigenvalue weighted by molar-refractivity contribution is 0.0690. The van der Waals surface area contributed by atoms with Crippen LogP contribution in [0.3, 0.4) is 0 Å². The van der Waals surface area contributed by atoms with Crippen molar-refractivity contribution >= 4 is 5.97 Å². The number of hydrogen-bond donors (Lipinski definition) is 1. The van der Waals surface area contributed by atoms with Crippen LogP contribution in [0.5, 0.6) is 0 Å². The van der Waals surface area contributed by atoms with Crippen LogP contribution < -0.4 is 0 Å². The number of carboxylic acids is 1. The fourth-order valence-electron chi connectivity index (χ4n) is 0.927. The molecule has 0 unspecified atom stereocenters. The van der Waals surface area contributed by atoms with E-state index in [1.54, 1.807) is 6.92 Å². The Labute approximate surface area is 68.9 Å². The molecule has 5 heteroatoms. The van der Waals surface area contributed by atoms with E-state index in [2.05, 4.69) is 5.16 Å². The number of aromatic nitrogens is 1. The van der Waals surface area contributed by atoms with Gasteiger partial charge in [0.15, 0.2) is 0 Å². The van der Waals surface area contributed by atoms with Gasteiger partial charge in [-0.1, -0.05) is 5.16 Å². The highest BCUT2D eigenvalue weighted by Crippen LogP contribution is 2.13. The van der Waals surface area contributed by atoms with Gasteiger partial charge in [-0.05, 0) is 6.92 Å². The third-order valence-electron chi connectivity index (χ3n) is 1.43. The fraction of sp³-hybridized carbons (Fsp3) is 0.429. The molecule has 0 aliphatic heterocycles. The summed E-state index contributed by atoms with van der Waals surface area (Å²) in [5.74, 6) is -0.740. The first kappa shape index (κ1) is 8.73. The van der Waals surface area contributed by atoms with Crippen molar-refractivity contribution in [2.75, 3.05) is 7.11 Å². The lowest BCUT2D eigenvalue weighted by Gasteiger charge is -1.93. The minimum Gasteiger partial charge on any atom is -0.477 e. The van der Waals surface area contributed by atoms with Crippen LogP contribution in [-0.4, -0.2) is 23.3 Å². The molecule has 0 aliphatic carbocycles. The first-order valence-corrected chi connectivity index (χ1v) is 3.34. The van der Waals surface area contributed by atoms with E-state index < -0.39 is 5.97 Å². The van der Waals surface area contributed by atoms with E-state index in [4.69, 9.17) is 14.4 Å². The van der Waals surface area contributed by atoms with Gasteiger partial charge in [-0.2, -0.15) is 0 Å². The Morgan fingerprint density at radius 3 is 2.92 bits per heavy atom. The van der Waals surface area contributed by atoms with Gasteiger partial charge >= 0.3 is 5.97 Å². The maximum absolute atomic E-state index is 10.6. The predicted molar refractivity (Wildman–Crippen MR) is 38.9 cm³/mol. The highest BCUT2D eigenvalue weighted by Gasteiger charge is 2.18. The number of aromatic carboxylic acids is 1. The third kappa shape index (κ3) is 1.45. The van der Waals surface area contributed by atoms with E-state index in [0.717, 1.165) is 0 Å². The second-order valence-electron chi connectivity index (χ2n) is 2.30. The molecule has 0 saturated heterocycles. The number of methoxy groups -OCH3 is 1. The smallest absolute Gasteiger partial charge is 0.341 e. The normalized spacial score (nSPS) is 10.2. The zero-order valence-electron chi connectivity index (χ0n) is 6.83. The zero-order valence-corrected chi connectivity index (χ0v) is 6.83. The van der Waals surface area contributed by atoms with Gasteiger partial charge in [0.1, 0.15) is 17.0 Å². The van der Waals surface area contributed by atoms with Gasteiger partial charge in [0, 0.05) is 7.11 Å². The Balaban J connectivity index is 3.04. The van der Waals surface area contributed by atoms with Gasteiger partial charge < -0.3 is 14.4 Å². The number of rotatable bonds is 3. The van der Waals surface area contributed by atoms with Crippen LogP contribution in [0.15, 0.2) is 4.52 Å². The second kappa shape index (κ2) is 3.36. The van der Waals surface area contributed by atoms with Crippen molar-refractivity contribution in [1.29, 1.82) is 0 Å². The molecule has 0 spiro atoms. The molecule has 0 atom stereocenters. The van der Waals surface area contributed by atoms with Gasteiger partial charge in [0.05, 0.1) is 6.61 Å². The lowest BCUT2D eigenvalue weighted by Crippen LogP contribution is -2.02. The van der Waals surface area contributed by atoms with Crippen molar-refractivity contribution in [1.82, 2.24) is 5.16 Å². The molecule has 12 heavy (non-hydrogen) atoms. The molecule has 1 N–H and O–H groups in total. The minimum absolute atomic E-state index is 0.0943. The summed E-state index contributed by atoms with van der Waals surface area (Å²) in [4.78, 5) is 10.6. The molecule has 1 aromatic heterocycles. The van der Waals surface area contributed by atoms with E-state index in [1.807, 2.05) is 0 Å². The Morgan fingerprint density at radius 1 is 1.75 bits per heavy atom. The van der Waals surface area contributed by atoms with E-state index in [1.165, 1.54) is 7.11 Å². The summed E-state index contributed by atoms with van der Waals surface area (Å²) in [6.07, 6.45) is 0. The SMILES string of the molecule is COCc1noc(C)c1C(=O)O. The van der Waals surface area contributed by atoms with Crippen molar-refractivity contribution in [2.45, 2.75) is 13.5 Å².